The van der Waals surface area contributed by atoms with Gasteiger partial charge in [-0.3, -0.25) is 10.2 Å². The summed E-state index contributed by atoms with van der Waals surface area (Å²) < 4.78 is 52.8. The standard InChI is InChI=1S/C31H32F3N3O5/c1-22-30(18-5-9-23-7-3-2-4-8-23,36-28(41-22)25-12-16-26(17-13-25)40-20-6-19-38)29(39)37-35-21-24-10-14-27(15-11-24)42-31(32,33)34/h2-5,7-17,22,35,38H,6,18-21H2,1H3,(H,37,39)/b9-5+/t22-,30-/m0/s1. The van der Waals surface area contributed by atoms with Crippen molar-refractivity contribution in [2.75, 3.05) is 13.2 Å². The minimum atomic E-state index is -4.77. The average Bonchev–Trinajstić information content (AvgIpc) is 3.31. The first kappa shape index (κ1) is 30.6. The Morgan fingerprint density at radius 1 is 1.05 bits per heavy atom. The summed E-state index contributed by atoms with van der Waals surface area (Å²) in [4.78, 5) is 18.4. The Morgan fingerprint density at radius 2 is 1.74 bits per heavy atom. The first-order chi connectivity index (χ1) is 20.2. The molecule has 3 aromatic carbocycles. The van der Waals surface area contributed by atoms with Gasteiger partial charge in [-0.1, -0.05) is 54.6 Å². The predicted molar refractivity (Wildman–Crippen MR) is 152 cm³/mol. The number of hydrogen-bond acceptors (Lipinski definition) is 7. The number of rotatable bonds is 13. The Hall–Kier alpha value is -4.35. The second-order valence-electron chi connectivity index (χ2n) is 9.57. The molecule has 2 atom stereocenters. The lowest BCUT2D eigenvalue weighted by atomic mass is 9.89. The van der Waals surface area contributed by atoms with Gasteiger partial charge < -0.3 is 19.3 Å². The van der Waals surface area contributed by atoms with E-state index in [0.717, 1.165) is 5.56 Å². The highest BCUT2D eigenvalue weighted by Crippen LogP contribution is 2.33. The van der Waals surface area contributed by atoms with E-state index in [4.69, 9.17) is 19.6 Å². The molecule has 222 valence electrons. The van der Waals surface area contributed by atoms with Gasteiger partial charge in [0.2, 0.25) is 5.90 Å². The quantitative estimate of drug-likeness (QED) is 0.190. The highest BCUT2D eigenvalue weighted by atomic mass is 19.4. The van der Waals surface area contributed by atoms with E-state index in [1.807, 2.05) is 42.5 Å². The number of hydrogen-bond donors (Lipinski definition) is 3. The molecule has 0 spiro atoms. The van der Waals surface area contributed by atoms with Crippen LogP contribution in [-0.4, -0.2) is 48.1 Å². The van der Waals surface area contributed by atoms with Gasteiger partial charge in [-0.25, -0.2) is 10.4 Å². The second kappa shape index (κ2) is 14.0. The molecule has 1 aliphatic heterocycles. The van der Waals surface area contributed by atoms with E-state index >= 15 is 0 Å². The van der Waals surface area contributed by atoms with Gasteiger partial charge in [0, 0.05) is 31.6 Å². The molecule has 0 radical (unpaired) electrons. The van der Waals surface area contributed by atoms with Crippen molar-refractivity contribution in [1.82, 2.24) is 10.9 Å². The van der Waals surface area contributed by atoms with Crippen molar-refractivity contribution in [3.05, 3.63) is 102 Å². The molecule has 1 aliphatic rings. The van der Waals surface area contributed by atoms with Gasteiger partial charge in [0.25, 0.3) is 5.91 Å². The van der Waals surface area contributed by atoms with Gasteiger partial charge in [0.15, 0.2) is 5.54 Å². The fourth-order valence-corrected chi connectivity index (χ4v) is 4.27. The molecule has 11 heteroatoms. The van der Waals surface area contributed by atoms with Gasteiger partial charge in [-0.05, 0) is 54.4 Å². The van der Waals surface area contributed by atoms with Crippen LogP contribution in [0.1, 0.15) is 36.5 Å². The minimum Gasteiger partial charge on any atom is -0.494 e. The van der Waals surface area contributed by atoms with Crippen LogP contribution in [0.15, 0.2) is 89.9 Å². The molecule has 0 aromatic heterocycles. The third-order valence-electron chi connectivity index (χ3n) is 6.52. The molecule has 0 unspecified atom stereocenters. The first-order valence-corrected chi connectivity index (χ1v) is 13.4. The second-order valence-corrected chi connectivity index (χ2v) is 9.57. The summed E-state index contributed by atoms with van der Waals surface area (Å²) in [5.74, 6) is 0.190. The van der Waals surface area contributed by atoms with Crippen LogP contribution in [0.2, 0.25) is 0 Å². The summed E-state index contributed by atoms with van der Waals surface area (Å²) >= 11 is 0. The van der Waals surface area contributed by atoms with Crippen molar-refractivity contribution in [2.45, 2.75) is 44.3 Å². The van der Waals surface area contributed by atoms with E-state index in [-0.39, 0.29) is 25.3 Å². The van der Waals surface area contributed by atoms with Crippen molar-refractivity contribution >= 4 is 17.9 Å². The van der Waals surface area contributed by atoms with E-state index in [9.17, 15) is 18.0 Å². The Labute approximate surface area is 241 Å². The zero-order valence-corrected chi connectivity index (χ0v) is 22.9. The molecule has 3 N–H and O–H groups in total. The number of nitrogens with zero attached hydrogens (tertiary/aromatic N) is 1. The van der Waals surface area contributed by atoms with E-state index in [0.29, 0.717) is 35.8 Å². The molecule has 1 heterocycles. The number of aliphatic imine (C=N–C) groups is 1. The molecular formula is C31H32F3N3O5. The maximum Gasteiger partial charge on any atom is 0.573 e. The lowest BCUT2D eigenvalue weighted by Crippen LogP contribution is -2.54. The predicted octanol–water partition coefficient (Wildman–Crippen LogP) is 5.18. The van der Waals surface area contributed by atoms with Crippen LogP contribution in [0.25, 0.3) is 6.08 Å². The van der Waals surface area contributed by atoms with Crippen LogP contribution in [0.3, 0.4) is 0 Å². The third-order valence-corrected chi connectivity index (χ3v) is 6.52. The van der Waals surface area contributed by atoms with Crippen LogP contribution < -0.4 is 20.3 Å². The van der Waals surface area contributed by atoms with E-state index < -0.39 is 23.9 Å². The lowest BCUT2D eigenvalue weighted by Gasteiger charge is -2.27. The van der Waals surface area contributed by atoms with Crippen molar-refractivity contribution in [2.24, 2.45) is 4.99 Å². The number of benzene rings is 3. The monoisotopic (exact) mass is 583 g/mol. The molecule has 3 aromatic rings. The number of carbonyl (C=O) groups excluding carboxylic acids is 1. The van der Waals surface area contributed by atoms with Crippen molar-refractivity contribution in [3.63, 3.8) is 0 Å². The van der Waals surface area contributed by atoms with Gasteiger partial charge >= 0.3 is 6.36 Å². The smallest absolute Gasteiger partial charge is 0.494 e. The molecule has 0 bridgehead atoms. The third kappa shape index (κ3) is 8.34. The Bertz CT molecular complexity index is 1360. The van der Waals surface area contributed by atoms with Crippen LogP contribution in [0.4, 0.5) is 13.2 Å². The normalized spacial score (nSPS) is 18.4. The van der Waals surface area contributed by atoms with Crippen LogP contribution >= 0.6 is 0 Å². The number of carbonyl (C=O) groups is 1. The summed E-state index contributed by atoms with van der Waals surface area (Å²) in [6.07, 6.45) is -0.841. The van der Waals surface area contributed by atoms with Gasteiger partial charge in [0.05, 0.1) is 6.61 Å². The number of alkyl halides is 3. The maximum atomic E-state index is 13.6. The Kier molecular flexibility index (Phi) is 10.2. The summed E-state index contributed by atoms with van der Waals surface area (Å²) in [5.41, 5.74) is 6.51. The summed E-state index contributed by atoms with van der Waals surface area (Å²) in [6.45, 7) is 2.36. The summed E-state index contributed by atoms with van der Waals surface area (Å²) in [5, 5.41) is 8.94. The number of amides is 1. The lowest BCUT2D eigenvalue weighted by molar-refractivity contribution is -0.274. The summed E-state index contributed by atoms with van der Waals surface area (Å²) in [6, 6.07) is 22.1. The van der Waals surface area contributed by atoms with Crippen LogP contribution in [-0.2, 0) is 16.1 Å². The molecule has 1 amide bonds. The average molecular weight is 584 g/mol. The first-order valence-electron chi connectivity index (χ1n) is 13.4. The van der Waals surface area contributed by atoms with Crippen molar-refractivity contribution < 1.29 is 37.3 Å². The van der Waals surface area contributed by atoms with E-state index in [1.165, 1.54) is 24.3 Å². The SMILES string of the molecule is C[C@@H]1OC(c2ccc(OCCCO)cc2)=N[C@]1(C/C=C/c1ccccc1)C(=O)NNCc1ccc(OC(F)(F)F)cc1. The Balaban J connectivity index is 1.48. The van der Waals surface area contributed by atoms with Crippen molar-refractivity contribution in [1.29, 1.82) is 0 Å². The Morgan fingerprint density at radius 3 is 2.40 bits per heavy atom. The molecule has 0 fully saturated rings. The number of aliphatic hydroxyl groups is 1. The highest BCUT2D eigenvalue weighted by molar-refractivity contribution is 6.00. The minimum absolute atomic E-state index is 0.0432. The molecular weight excluding hydrogens is 551 g/mol. The van der Waals surface area contributed by atoms with Crippen molar-refractivity contribution in [3.8, 4) is 11.5 Å². The molecule has 42 heavy (non-hydrogen) atoms. The fraction of sp³-hybridized carbons (Fsp3) is 0.290. The van der Waals surface area contributed by atoms with Crippen LogP contribution in [0, 0.1) is 0 Å². The molecule has 0 aliphatic carbocycles. The molecule has 0 saturated heterocycles. The number of ether oxygens (including phenoxy) is 3. The zero-order chi connectivity index (χ0) is 30.0. The largest absolute Gasteiger partial charge is 0.573 e. The summed E-state index contributed by atoms with van der Waals surface area (Å²) in [7, 11) is 0. The molecule has 0 saturated carbocycles. The molecule has 8 nitrogen and oxygen atoms in total. The van der Waals surface area contributed by atoms with Crippen LogP contribution in [0.5, 0.6) is 11.5 Å². The number of aliphatic hydroxyl groups excluding tert-OH is 1. The van der Waals surface area contributed by atoms with Gasteiger partial charge in [-0.15, -0.1) is 13.2 Å². The number of halogens is 3. The number of nitrogens with one attached hydrogen (secondary N) is 2. The van der Waals surface area contributed by atoms with E-state index in [1.54, 1.807) is 31.2 Å². The fourth-order valence-electron chi connectivity index (χ4n) is 4.27. The van der Waals surface area contributed by atoms with E-state index in [2.05, 4.69) is 15.6 Å². The van der Waals surface area contributed by atoms with Gasteiger partial charge in [0.1, 0.15) is 17.6 Å². The van der Waals surface area contributed by atoms with Gasteiger partial charge in [-0.2, -0.15) is 0 Å². The number of hydrazine groups is 1. The topological polar surface area (TPSA) is 101 Å². The highest BCUT2D eigenvalue weighted by Gasteiger charge is 2.49. The maximum absolute atomic E-state index is 13.6. The molecule has 4 rings (SSSR count). The zero-order valence-electron chi connectivity index (χ0n) is 22.9.